The van der Waals surface area contributed by atoms with Gasteiger partial charge in [-0.25, -0.2) is 4.98 Å². The number of amides is 1. The quantitative estimate of drug-likeness (QED) is 0.496. The Balaban J connectivity index is 1.52. The molecule has 31 heavy (non-hydrogen) atoms. The lowest BCUT2D eigenvalue weighted by Gasteiger charge is -2.47. The molecule has 5 heterocycles. The highest BCUT2D eigenvalue weighted by atomic mass is 32.1. The fraction of sp³-hybridized carbons (Fsp3) is 0.421. The van der Waals surface area contributed by atoms with Crippen LogP contribution in [0.3, 0.4) is 0 Å². The van der Waals surface area contributed by atoms with Crippen LogP contribution in [0.1, 0.15) is 6.42 Å². The normalized spacial score (nSPS) is 20.5. The van der Waals surface area contributed by atoms with Crippen LogP contribution in [0.4, 0.5) is 14.8 Å². The number of nitrogens with zero attached hydrogens (tertiary/aromatic N) is 3. The second kappa shape index (κ2) is 7.70. The molecule has 3 aliphatic heterocycles. The molecule has 2 atom stereocenters. The average Bonchev–Trinajstić information content (AvgIpc) is 3.42. The molecule has 2 unspecified atom stereocenters. The number of nitrogens with one attached hydrogen (secondary N) is 2. The fourth-order valence-corrected chi connectivity index (χ4v) is 4.50. The number of thiazole rings is 1. The number of hydrogen-bond acceptors (Lipinski definition) is 9. The van der Waals surface area contributed by atoms with Crippen LogP contribution in [0.2, 0.25) is 0 Å². The fourth-order valence-electron chi connectivity index (χ4n) is 3.84. The SMILES string of the molecule is O=C(NCCO)C(F)(F)Oc1ccc(-c2nccs2)c2oc(N3CC4CC(C3)N4)nc12. The summed E-state index contributed by atoms with van der Waals surface area (Å²) >= 11 is 1.38. The highest BCUT2D eigenvalue weighted by Gasteiger charge is 2.43. The summed E-state index contributed by atoms with van der Waals surface area (Å²) in [6, 6.07) is 3.90. The Hall–Kier alpha value is -2.83. The molecule has 6 rings (SSSR count). The van der Waals surface area contributed by atoms with Gasteiger partial charge in [0.2, 0.25) is 0 Å². The van der Waals surface area contributed by atoms with Gasteiger partial charge in [0.05, 0.1) is 12.2 Å². The number of aliphatic hydroxyl groups excluding tert-OH is 1. The number of fused-ring (bicyclic) bond motifs is 3. The van der Waals surface area contributed by atoms with Crippen molar-refractivity contribution in [3.05, 3.63) is 23.7 Å². The number of aromatic nitrogens is 2. The summed E-state index contributed by atoms with van der Waals surface area (Å²) < 4.78 is 39.5. The summed E-state index contributed by atoms with van der Waals surface area (Å²) in [5.41, 5.74) is 0.954. The van der Waals surface area contributed by atoms with E-state index in [1.807, 2.05) is 10.2 Å². The van der Waals surface area contributed by atoms with Gasteiger partial charge in [-0.1, -0.05) is 0 Å². The molecule has 3 aliphatic rings. The first-order chi connectivity index (χ1) is 14.9. The van der Waals surface area contributed by atoms with Crippen molar-refractivity contribution in [1.29, 1.82) is 0 Å². The van der Waals surface area contributed by atoms with E-state index in [4.69, 9.17) is 14.3 Å². The highest BCUT2D eigenvalue weighted by Crippen LogP contribution is 2.40. The van der Waals surface area contributed by atoms with E-state index in [-0.39, 0.29) is 23.4 Å². The maximum atomic E-state index is 14.3. The van der Waals surface area contributed by atoms with Gasteiger partial charge in [0.15, 0.2) is 16.8 Å². The van der Waals surface area contributed by atoms with Crippen molar-refractivity contribution >= 4 is 34.4 Å². The molecule has 9 nitrogen and oxygen atoms in total. The van der Waals surface area contributed by atoms with Crippen molar-refractivity contribution < 1.29 is 27.8 Å². The van der Waals surface area contributed by atoms with E-state index in [1.54, 1.807) is 17.6 Å². The van der Waals surface area contributed by atoms with Gasteiger partial charge < -0.3 is 29.8 Å². The Morgan fingerprint density at radius 3 is 2.87 bits per heavy atom. The van der Waals surface area contributed by atoms with E-state index < -0.39 is 18.6 Å². The largest absolute Gasteiger partial charge is 0.482 e. The summed E-state index contributed by atoms with van der Waals surface area (Å²) in [7, 11) is 0. The zero-order valence-corrected chi connectivity index (χ0v) is 17.0. The number of anilines is 1. The van der Waals surface area contributed by atoms with Crippen LogP contribution in [-0.2, 0) is 4.79 Å². The third kappa shape index (κ3) is 3.70. The zero-order valence-electron chi connectivity index (χ0n) is 16.2. The number of rotatable bonds is 7. The van der Waals surface area contributed by atoms with Crippen molar-refractivity contribution in [1.82, 2.24) is 20.6 Å². The van der Waals surface area contributed by atoms with Crippen molar-refractivity contribution in [3.8, 4) is 16.3 Å². The molecule has 3 fully saturated rings. The minimum Gasteiger partial charge on any atom is -0.423 e. The number of halogens is 2. The number of oxazole rings is 1. The van der Waals surface area contributed by atoms with Gasteiger partial charge in [0.25, 0.3) is 6.01 Å². The number of aliphatic hydroxyl groups is 1. The molecule has 0 saturated carbocycles. The standard InChI is InChI=1S/C19H19F2N5O4S/c20-19(21,17(28)23-3-5-27)30-13-2-1-12(16-22-4-6-31-16)15-14(13)25-18(29-15)26-8-10-7-11(9-26)24-10/h1-2,4,6,10-11,24,27H,3,5,7-9H2,(H,23,28). The summed E-state index contributed by atoms with van der Waals surface area (Å²) in [6.45, 7) is 0.626. The van der Waals surface area contributed by atoms with Gasteiger partial charge in [0, 0.05) is 43.3 Å². The monoisotopic (exact) mass is 451 g/mol. The van der Waals surface area contributed by atoms with Crippen LogP contribution < -0.4 is 20.3 Å². The summed E-state index contributed by atoms with van der Waals surface area (Å²) in [5.74, 6) is -1.93. The molecule has 2 bridgehead atoms. The van der Waals surface area contributed by atoms with E-state index in [9.17, 15) is 13.6 Å². The molecule has 1 amide bonds. The third-order valence-electron chi connectivity index (χ3n) is 5.25. The highest BCUT2D eigenvalue weighted by molar-refractivity contribution is 7.13. The first-order valence-corrected chi connectivity index (χ1v) is 10.6. The van der Waals surface area contributed by atoms with Crippen molar-refractivity contribution in [2.24, 2.45) is 0 Å². The van der Waals surface area contributed by atoms with Crippen LogP contribution in [0.15, 0.2) is 28.1 Å². The number of piperazine rings is 1. The number of carbonyl (C=O) groups excluding carboxylic acids is 1. The lowest BCUT2D eigenvalue weighted by Crippen LogP contribution is -2.67. The summed E-state index contributed by atoms with van der Waals surface area (Å²) in [4.78, 5) is 22.4. The number of hydrogen-bond donors (Lipinski definition) is 3. The minimum absolute atomic E-state index is 0.0875. The van der Waals surface area contributed by atoms with Crippen LogP contribution in [0.25, 0.3) is 21.7 Å². The number of ether oxygens (including phenoxy) is 1. The molecule has 0 spiro atoms. The molecule has 3 aromatic rings. The molecule has 3 saturated heterocycles. The lowest BCUT2D eigenvalue weighted by atomic mass is 9.92. The smallest absolute Gasteiger partial charge is 0.423 e. The van der Waals surface area contributed by atoms with Crippen LogP contribution in [0, 0.1) is 0 Å². The van der Waals surface area contributed by atoms with Gasteiger partial charge in [-0.05, 0) is 18.6 Å². The Kier molecular flexibility index (Phi) is 4.99. The van der Waals surface area contributed by atoms with Crippen molar-refractivity contribution in [2.45, 2.75) is 24.6 Å². The first kappa shape index (κ1) is 20.1. The molecular weight excluding hydrogens is 432 g/mol. The van der Waals surface area contributed by atoms with E-state index >= 15 is 0 Å². The van der Waals surface area contributed by atoms with Crippen molar-refractivity contribution in [2.75, 3.05) is 31.1 Å². The molecule has 1 aromatic carbocycles. The Morgan fingerprint density at radius 1 is 1.42 bits per heavy atom. The predicted molar refractivity (Wildman–Crippen MR) is 108 cm³/mol. The molecule has 0 aliphatic carbocycles. The molecule has 0 radical (unpaired) electrons. The average molecular weight is 451 g/mol. The number of alkyl halides is 2. The van der Waals surface area contributed by atoms with Crippen LogP contribution in [-0.4, -0.2) is 65.4 Å². The second-order valence-electron chi connectivity index (χ2n) is 7.42. The minimum atomic E-state index is -4.15. The Morgan fingerprint density at radius 2 is 2.19 bits per heavy atom. The topological polar surface area (TPSA) is 113 Å². The van der Waals surface area contributed by atoms with Gasteiger partial charge in [-0.15, -0.1) is 11.3 Å². The van der Waals surface area contributed by atoms with Crippen LogP contribution >= 0.6 is 11.3 Å². The second-order valence-corrected chi connectivity index (χ2v) is 8.32. The van der Waals surface area contributed by atoms with Gasteiger partial charge >= 0.3 is 12.0 Å². The summed E-state index contributed by atoms with van der Waals surface area (Å²) in [6.07, 6.45) is -1.43. The van der Waals surface area contributed by atoms with E-state index in [0.717, 1.165) is 6.42 Å². The number of benzene rings is 1. The molecule has 3 N–H and O–H groups in total. The third-order valence-corrected chi connectivity index (χ3v) is 6.06. The summed E-state index contributed by atoms with van der Waals surface area (Å²) in [5, 5.41) is 16.5. The first-order valence-electron chi connectivity index (χ1n) is 9.75. The Bertz CT molecular complexity index is 1090. The Labute approximate surface area is 179 Å². The maximum absolute atomic E-state index is 14.3. The number of piperidine rings is 1. The van der Waals surface area contributed by atoms with Crippen molar-refractivity contribution in [3.63, 3.8) is 0 Å². The predicted octanol–water partition coefficient (Wildman–Crippen LogP) is 1.58. The molecule has 2 aromatic heterocycles. The number of carbonyl (C=O) groups is 1. The van der Waals surface area contributed by atoms with E-state index in [2.05, 4.69) is 15.3 Å². The van der Waals surface area contributed by atoms with E-state index in [1.165, 1.54) is 17.4 Å². The van der Waals surface area contributed by atoms with Gasteiger partial charge in [-0.2, -0.15) is 13.8 Å². The van der Waals surface area contributed by atoms with Gasteiger partial charge in [-0.3, -0.25) is 4.79 Å². The molecule has 12 heteroatoms. The van der Waals surface area contributed by atoms with E-state index in [0.29, 0.717) is 41.8 Å². The van der Waals surface area contributed by atoms with Gasteiger partial charge in [0.1, 0.15) is 5.01 Å². The molecule has 164 valence electrons. The zero-order chi connectivity index (χ0) is 21.6. The van der Waals surface area contributed by atoms with Crippen LogP contribution in [0.5, 0.6) is 5.75 Å². The maximum Gasteiger partial charge on any atom is 0.482 e. The lowest BCUT2D eigenvalue weighted by molar-refractivity contribution is -0.192. The molecular formula is C19H19F2N5O4S.